The van der Waals surface area contributed by atoms with Crippen molar-refractivity contribution in [3.05, 3.63) is 342 Å². The number of rotatable bonds is 19. The predicted molar refractivity (Wildman–Crippen MR) is 505 cm³/mol. The van der Waals surface area contributed by atoms with Crippen LogP contribution in [0.2, 0.25) is 0 Å². The average molecular weight is 2010 g/mol. The summed E-state index contributed by atoms with van der Waals surface area (Å²) in [5.41, 5.74) is -8.49. The lowest BCUT2D eigenvalue weighted by Gasteiger charge is -2.43. The minimum absolute atomic E-state index is 0.0238. The summed E-state index contributed by atoms with van der Waals surface area (Å²) in [4.78, 5) is 138. The third-order valence-electron chi connectivity index (χ3n) is 23.3. The number of nitrogens with one attached hydrogen (secondary N) is 2. The van der Waals surface area contributed by atoms with Gasteiger partial charge >= 0.3 is 29.8 Å². The maximum absolute atomic E-state index is 15.2. The number of carboxylic acid groups (broad SMARTS) is 5. The van der Waals surface area contributed by atoms with Gasteiger partial charge in [-0.1, -0.05) is 41.5 Å². The summed E-state index contributed by atoms with van der Waals surface area (Å²) in [5, 5.41) is 51.4. The van der Waals surface area contributed by atoms with Crippen LogP contribution in [0.3, 0.4) is 0 Å². The fourth-order valence-electron chi connectivity index (χ4n) is 16.7. The number of benzene rings is 7. The predicted octanol–water partition coefficient (Wildman–Crippen LogP) is 18.3. The molecule has 0 spiro atoms. The molecule has 7 N–H and O–H groups in total. The number of halogens is 15. The van der Waals surface area contributed by atoms with Gasteiger partial charge in [-0.15, -0.1) is 0 Å². The molecule has 0 bridgehead atoms. The monoisotopic (exact) mass is 2010 g/mol. The van der Waals surface area contributed by atoms with E-state index in [1.165, 1.54) is 12.1 Å². The fraction of sp³-hybridized carbons (Fsp3) is 0.238. The minimum Gasteiger partial charge on any atom is -0.477 e. The van der Waals surface area contributed by atoms with Gasteiger partial charge < -0.3 is 55.1 Å². The first kappa shape index (κ1) is 105. The molecular weight excluding hydrogens is 1920 g/mol. The molecule has 2 fully saturated rings. The maximum atomic E-state index is 15.2. The lowest BCUT2D eigenvalue weighted by Crippen LogP contribution is -2.54. The summed E-state index contributed by atoms with van der Waals surface area (Å²) in [6.07, 6.45) is 5.42. The van der Waals surface area contributed by atoms with Crippen LogP contribution in [0.1, 0.15) is 157 Å². The van der Waals surface area contributed by atoms with E-state index >= 15 is 4.39 Å². The van der Waals surface area contributed by atoms with Gasteiger partial charge in [-0.3, -0.25) is 42.6 Å². The normalized spacial score (nSPS) is 13.7. The summed E-state index contributed by atoms with van der Waals surface area (Å²) in [5.74, 6) is -21.2. The molecule has 2 atom stereocenters. The number of aromatic carboxylic acids is 5. The Bertz CT molecular complexity index is 7900. The SMILES string of the molecule is CC(C)N1CCN(c2cc3c(cc2F)c(=O)c(C(=O)O)cn3-c2ccc(F)cc2F)CC1C.CC(C)NC1CCN(c2nc3c(cc2F)c(=O)c(C(=O)O)cn3-c2ccc(F)cc2F)C1.CC(C)Nc1nc2c(cc1F)c(=O)c(C(=O)O)cn2-c1ccc(F)cc1F.CC(C)c1cc2c(cc1F)c(=O)c(C(=O)O)cn2-c1ccc(F)cc1F.CC(C)c1nc2c(cc1F)c(=O)c(C(=O)O)cn2-c1ccc(F)cc1F. The van der Waals surface area contributed by atoms with Crippen molar-refractivity contribution in [1.82, 2.24) is 48.0 Å². The highest BCUT2D eigenvalue weighted by Crippen LogP contribution is 2.36. The quantitative estimate of drug-likeness (QED) is 0.0370. The number of fused-ring (bicyclic) bond motifs is 5. The van der Waals surface area contributed by atoms with Crippen LogP contribution in [0, 0.1) is 87.3 Å². The summed E-state index contributed by atoms with van der Waals surface area (Å²) in [7, 11) is 0. The zero-order valence-electron chi connectivity index (χ0n) is 77.8. The van der Waals surface area contributed by atoms with Crippen LogP contribution in [-0.4, -0.2) is 161 Å². The number of pyridine rings is 8. The molecule has 2 unspecified atom stereocenters. The van der Waals surface area contributed by atoms with Crippen LogP contribution in [-0.2, 0) is 0 Å². The molecule has 15 aromatic rings. The van der Waals surface area contributed by atoms with E-state index in [1.807, 2.05) is 25.7 Å². The molecule has 2 aliphatic rings. The van der Waals surface area contributed by atoms with Crippen molar-refractivity contribution in [1.29, 1.82) is 0 Å². The van der Waals surface area contributed by atoms with Crippen LogP contribution >= 0.6 is 0 Å². The largest absolute Gasteiger partial charge is 0.477 e. The lowest BCUT2D eigenvalue weighted by molar-refractivity contribution is 0.0684. The Kier molecular flexibility index (Phi) is 31.1. The number of carboxylic acids is 5. The number of nitrogens with zero attached hydrogens (tertiary/aromatic N) is 11. The number of piperazine rings is 1. The van der Waals surface area contributed by atoms with E-state index in [0.29, 0.717) is 69.1 Å². The Labute approximate surface area is 804 Å². The second-order valence-corrected chi connectivity index (χ2v) is 35.0. The van der Waals surface area contributed by atoms with E-state index < -0.39 is 172 Å². The summed E-state index contributed by atoms with van der Waals surface area (Å²) < 4.78 is 217. The summed E-state index contributed by atoms with van der Waals surface area (Å²) in [6.45, 7) is 23.4. The number of anilines is 3. The van der Waals surface area contributed by atoms with Crippen molar-refractivity contribution in [2.45, 2.75) is 125 Å². The van der Waals surface area contributed by atoms with Gasteiger partial charge in [-0.2, -0.15) is 0 Å². The molecule has 10 heterocycles. The standard InChI is InChI=1S/C24H24F3N3O3.C22H21F3N4O3.C19H14F3NO3.C18H14F3N3O3.C18H13F3N2O3/c1-13(2)29-7-6-28(11-14(29)3)22-10-21-16(9-19(22)27)23(31)17(24(32)33)12-30(21)20-5-4-15(25)8-18(20)26;1-11(2)26-13-5-6-28(9-13)21-17(25)8-14-19(30)15(22(31)32)10-29(20(14)27-21)18-4-3-12(23)7-16(18)24;1-9(2)11-7-17-12(6-14(11)21)18(24)13(19(25)26)8-23(17)16-4-3-10(20)5-15(16)22;1-8(2)22-16-13(21)6-10-15(25)11(18(26)27)7-24(17(10)23-16)14-4-3-9(19)5-12(14)20;1-8(2)15-13(21)6-10-16(24)11(18(25)26)7-23(17(10)22-15)14-4-3-9(19)5-12(14)20/h4-5,8-10,12-14H,6-7,11H2,1-3H3,(H,32,33);3-4,7-8,10-11,13,26H,5-6,9H2,1-2H3,(H,31,32);3-9H,1-2H3,(H,25,26);3-8H,1-2H3,(H,22,23)(H,26,27);3-8H,1-2H3,(H,25,26). The first-order valence-electron chi connectivity index (χ1n) is 44.1. The third kappa shape index (κ3) is 21.9. The molecule has 144 heavy (non-hydrogen) atoms. The van der Waals surface area contributed by atoms with Crippen molar-refractivity contribution in [3.63, 3.8) is 0 Å². The van der Waals surface area contributed by atoms with Gasteiger partial charge in [-0.05, 0) is 162 Å². The molecule has 7 aromatic carbocycles. The van der Waals surface area contributed by atoms with Gasteiger partial charge in [0.05, 0.1) is 67.0 Å². The molecule has 0 aliphatic carbocycles. The Balaban J connectivity index is 0.000000151. The van der Waals surface area contributed by atoms with E-state index in [4.69, 9.17) is 0 Å². The first-order valence-corrected chi connectivity index (χ1v) is 44.1. The molecule has 43 heteroatoms. The Morgan fingerprint density at radius 1 is 0.340 bits per heavy atom. The average Bonchev–Trinajstić information content (AvgIpc) is 0.797. The topological polar surface area (TPSA) is 369 Å². The zero-order chi connectivity index (χ0) is 105. The van der Waals surface area contributed by atoms with Gasteiger partial charge in [0.15, 0.2) is 34.6 Å². The molecule has 8 aromatic heterocycles. The van der Waals surface area contributed by atoms with Crippen LogP contribution in [0.25, 0.3) is 83.3 Å². The Morgan fingerprint density at radius 3 is 1.04 bits per heavy atom. The smallest absolute Gasteiger partial charge is 0.341 e. The van der Waals surface area contributed by atoms with Crippen LogP contribution in [0.5, 0.6) is 0 Å². The van der Waals surface area contributed by atoms with Crippen molar-refractivity contribution >= 4 is 102 Å². The first-order chi connectivity index (χ1) is 67.8. The maximum Gasteiger partial charge on any atom is 0.341 e. The van der Waals surface area contributed by atoms with Crippen molar-refractivity contribution in [2.24, 2.45) is 0 Å². The van der Waals surface area contributed by atoms with Crippen molar-refractivity contribution in [2.75, 3.05) is 47.8 Å². The molecular formula is C101H86F15N13O15. The fourth-order valence-corrected chi connectivity index (χ4v) is 16.7. The van der Waals surface area contributed by atoms with E-state index in [9.17, 15) is 135 Å². The van der Waals surface area contributed by atoms with Gasteiger partial charge in [0, 0.05) is 135 Å². The second-order valence-electron chi connectivity index (χ2n) is 35.0. The zero-order valence-corrected chi connectivity index (χ0v) is 77.8. The third-order valence-corrected chi connectivity index (χ3v) is 23.3. The molecule has 2 aliphatic heterocycles. The number of hydrogen-bond acceptors (Lipinski definition) is 18. The highest BCUT2D eigenvalue weighted by Gasteiger charge is 2.33. The van der Waals surface area contributed by atoms with Gasteiger partial charge in [-0.25, -0.2) is 105 Å². The Morgan fingerprint density at radius 2 is 0.681 bits per heavy atom. The van der Waals surface area contributed by atoms with Crippen LogP contribution in [0.15, 0.2) is 188 Å². The number of carbonyl (C=O) groups is 5. The molecule has 17 rings (SSSR count). The number of hydrogen-bond donors (Lipinski definition) is 7. The highest BCUT2D eigenvalue weighted by molar-refractivity contribution is 5.98. The Hall–Kier alpha value is -16.3. The molecule has 750 valence electrons. The van der Waals surface area contributed by atoms with E-state index in [0.717, 1.165) is 151 Å². The van der Waals surface area contributed by atoms with E-state index in [2.05, 4.69) is 44.3 Å². The highest BCUT2D eigenvalue weighted by atomic mass is 19.2. The summed E-state index contributed by atoms with van der Waals surface area (Å²) >= 11 is 0. The van der Waals surface area contributed by atoms with Crippen molar-refractivity contribution in [3.8, 4) is 28.4 Å². The molecule has 0 amide bonds. The molecule has 28 nitrogen and oxygen atoms in total. The second kappa shape index (κ2) is 42.6. The number of aromatic nitrogens is 8. The van der Waals surface area contributed by atoms with Gasteiger partial charge in [0.1, 0.15) is 109 Å². The van der Waals surface area contributed by atoms with E-state index in [1.54, 1.807) is 46.4 Å². The molecule has 0 saturated carbocycles. The van der Waals surface area contributed by atoms with Gasteiger partial charge in [0.25, 0.3) is 0 Å². The lowest BCUT2D eigenvalue weighted by atomic mass is 9.99. The molecule has 0 radical (unpaired) electrons. The van der Waals surface area contributed by atoms with Crippen LogP contribution in [0.4, 0.5) is 83.2 Å². The van der Waals surface area contributed by atoms with Gasteiger partial charge in [0.2, 0.25) is 27.1 Å². The van der Waals surface area contributed by atoms with Crippen LogP contribution < -0.4 is 47.6 Å². The summed E-state index contributed by atoms with van der Waals surface area (Å²) in [6, 6.07) is 21.8. The minimum atomic E-state index is -1.57. The molecule has 2 saturated heterocycles. The van der Waals surface area contributed by atoms with Crippen molar-refractivity contribution < 1.29 is 115 Å². The van der Waals surface area contributed by atoms with E-state index in [-0.39, 0.29) is 148 Å².